The molecule has 1 saturated heterocycles. The number of aryl methyl sites for hydroxylation is 1. The average molecular weight is 209 g/mol. The van der Waals surface area contributed by atoms with E-state index in [2.05, 4.69) is 12.2 Å². The van der Waals surface area contributed by atoms with Gasteiger partial charge in [0, 0.05) is 22.4 Å². The molecule has 1 aliphatic rings. The Kier molecular flexibility index (Phi) is 2.45. The summed E-state index contributed by atoms with van der Waals surface area (Å²) in [5, 5.41) is 5.25. The van der Waals surface area contributed by atoms with Crippen LogP contribution in [0.2, 0.25) is 0 Å². The van der Waals surface area contributed by atoms with E-state index in [-0.39, 0.29) is 5.41 Å². The quantitative estimate of drug-likeness (QED) is 0.757. The molecule has 1 atom stereocenters. The Hall–Kier alpha value is -0.670. The predicted octanol–water partition coefficient (Wildman–Crippen LogP) is 2.24. The van der Waals surface area contributed by atoms with Crippen LogP contribution in [0.5, 0.6) is 0 Å². The second-order valence-electron chi connectivity index (χ2n) is 4.21. The number of carbonyl (C=O) groups is 1. The summed E-state index contributed by atoms with van der Waals surface area (Å²) in [6.07, 6.45) is 0.959. The lowest BCUT2D eigenvalue weighted by Crippen LogP contribution is -2.30. The summed E-state index contributed by atoms with van der Waals surface area (Å²) in [6.45, 7) is 5.86. The molecule has 0 aliphatic carbocycles. The monoisotopic (exact) mass is 209 g/mol. The number of hydrogen-bond acceptors (Lipinski definition) is 3. The van der Waals surface area contributed by atoms with E-state index in [0.717, 1.165) is 30.0 Å². The van der Waals surface area contributed by atoms with Crippen LogP contribution in [0.3, 0.4) is 0 Å². The van der Waals surface area contributed by atoms with Crippen LogP contribution in [-0.2, 0) is 0 Å². The lowest BCUT2D eigenvalue weighted by molar-refractivity contribution is 0.0839. The summed E-state index contributed by atoms with van der Waals surface area (Å²) in [7, 11) is 0. The minimum Gasteiger partial charge on any atom is -0.316 e. The van der Waals surface area contributed by atoms with Gasteiger partial charge in [0.1, 0.15) is 0 Å². The van der Waals surface area contributed by atoms with Gasteiger partial charge in [-0.1, -0.05) is 6.92 Å². The molecule has 1 aliphatic heterocycles. The maximum Gasteiger partial charge on any atom is 0.171 e. The molecule has 0 aromatic carbocycles. The number of ketones is 1. The highest BCUT2D eigenvalue weighted by Crippen LogP contribution is 2.31. The molecular weight excluding hydrogens is 194 g/mol. The smallest absolute Gasteiger partial charge is 0.171 e. The van der Waals surface area contributed by atoms with Gasteiger partial charge in [0.25, 0.3) is 0 Å². The van der Waals surface area contributed by atoms with Crippen LogP contribution in [0.1, 0.15) is 28.6 Å². The van der Waals surface area contributed by atoms with Crippen molar-refractivity contribution >= 4 is 17.1 Å². The third-order valence-corrected chi connectivity index (χ3v) is 3.87. The fourth-order valence-electron chi connectivity index (χ4n) is 1.96. The molecule has 14 heavy (non-hydrogen) atoms. The third kappa shape index (κ3) is 1.51. The van der Waals surface area contributed by atoms with Crippen molar-refractivity contribution in [1.29, 1.82) is 0 Å². The molecule has 0 saturated carbocycles. The molecule has 76 valence electrons. The molecule has 2 rings (SSSR count). The average Bonchev–Trinajstić information content (AvgIpc) is 2.74. The minimum atomic E-state index is -0.175. The molecule has 0 spiro atoms. The summed E-state index contributed by atoms with van der Waals surface area (Å²) < 4.78 is 0. The van der Waals surface area contributed by atoms with E-state index in [1.165, 1.54) is 0 Å². The van der Waals surface area contributed by atoms with E-state index in [0.29, 0.717) is 5.78 Å². The van der Waals surface area contributed by atoms with E-state index < -0.39 is 0 Å². The molecule has 1 unspecified atom stereocenters. The van der Waals surface area contributed by atoms with Gasteiger partial charge in [0.2, 0.25) is 0 Å². The van der Waals surface area contributed by atoms with Crippen molar-refractivity contribution in [2.24, 2.45) is 5.41 Å². The fourth-order valence-corrected chi connectivity index (χ4v) is 2.65. The topological polar surface area (TPSA) is 29.1 Å². The molecule has 0 radical (unpaired) electrons. The number of Topliss-reactive ketones (excluding diaryl/α,β-unsaturated/α-hetero) is 1. The highest BCUT2D eigenvalue weighted by atomic mass is 32.1. The fraction of sp³-hybridized carbons (Fsp3) is 0.545. The summed E-state index contributed by atoms with van der Waals surface area (Å²) in [5.41, 5.74) is 0.743. The first-order valence-electron chi connectivity index (χ1n) is 4.93. The number of rotatable bonds is 2. The lowest BCUT2D eigenvalue weighted by atomic mass is 9.82. The molecule has 2 heterocycles. The van der Waals surface area contributed by atoms with Crippen LogP contribution >= 0.6 is 11.3 Å². The van der Waals surface area contributed by atoms with E-state index in [1.807, 2.05) is 18.4 Å². The maximum atomic E-state index is 12.2. The zero-order valence-electron chi connectivity index (χ0n) is 8.59. The SMILES string of the molecule is Cc1sccc1C(=O)C1(C)CCNC1. The van der Waals surface area contributed by atoms with Crippen LogP contribution in [0.4, 0.5) is 0 Å². The zero-order chi connectivity index (χ0) is 10.2. The first-order valence-corrected chi connectivity index (χ1v) is 5.81. The molecule has 1 N–H and O–H groups in total. The molecular formula is C11H15NOS. The number of carbonyl (C=O) groups excluding carboxylic acids is 1. The highest BCUT2D eigenvalue weighted by molar-refractivity contribution is 7.10. The zero-order valence-corrected chi connectivity index (χ0v) is 9.41. The number of thiophene rings is 1. The first kappa shape index (κ1) is 9.87. The summed E-state index contributed by atoms with van der Waals surface area (Å²) >= 11 is 1.65. The standard InChI is InChI=1S/C11H15NOS/c1-8-9(3-6-14-8)10(13)11(2)4-5-12-7-11/h3,6,12H,4-5,7H2,1-2H3. The third-order valence-electron chi connectivity index (χ3n) is 3.02. The van der Waals surface area contributed by atoms with Gasteiger partial charge < -0.3 is 5.32 Å². The molecule has 1 aromatic heterocycles. The molecule has 1 fully saturated rings. The van der Waals surface area contributed by atoms with Crippen molar-refractivity contribution in [3.63, 3.8) is 0 Å². The van der Waals surface area contributed by atoms with Gasteiger partial charge in [-0.05, 0) is 31.3 Å². The Labute approximate surface area is 88.3 Å². The van der Waals surface area contributed by atoms with Gasteiger partial charge in [-0.3, -0.25) is 4.79 Å². The highest BCUT2D eigenvalue weighted by Gasteiger charge is 2.37. The van der Waals surface area contributed by atoms with E-state index in [1.54, 1.807) is 11.3 Å². The van der Waals surface area contributed by atoms with E-state index >= 15 is 0 Å². The summed E-state index contributed by atoms with van der Waals surface area (Å²) in [5.74, 6) is 0.307. The van der Waals surface area contributed by atoms with Crippen molar-refractivity contribution in [2.45, 2.75) is 20.3 Å². The molecule has 0 amide bonds. The number of hydrogen-bond donors (Lipinski definition) is 1. The van der Waals surface area contributed by atoms with E-state index in [9.17, 15) is 4.79 Å². The van der Waals surface area contributed by atoms with Gasteiger partial charge in [-0.2, -0.15) is 0 Å². The Balaban J connectivity index is 2.28. The summed E-state index contributed by atoms with van der Waals surface area (Å²) in [6, 6.07) is 1.95. The summed E-state index contributed by atoms with van der Waals surface area (Å²) in [4.78, 5) is 13.4. The minimum absolute atomic E-state index is 0.175. The maximum absolute atomic E-state index is 12.2. The normalized spacial score (nSPS) is 26.7. The van der Waals surface area contributed by atoms with Crippen molar-refractivity contribution < 1.29 is 4.79 Å². The van der Waals surface area contributed by atoms with Crippen LogP contribution in [0, 0.1) is 12.3 Å². The Morgan fingerprint density at radius 2 is 2.43 bits per heavy atom. The molecule has 3 heteroatoms. The van der Waals surface area contributed by atoms with Gasteiger partial charge in [0.15, 0.2) is 5.78 Å². The lowest BCUT2D eigenvalue weighted by Gasteiger charge is -2.20. The van der Waals surface area contributed by atoms with Gasteiger partial charge in [0.05, 0.1) is 0 Å². The Morgan fingerprint density at radius 1 is 1.64 bits per heavy atom. The molecule has 0 bridgehead atoms. The first-order chi connectivity index (χ1) is 6.63. The van der Waals surface area contributed by atoms with Gasteiger partial charge in [-0.25, -0.2) is 0 Å². The largest absolute Gasteiger partial charge is 0.316 e. The molecule has 1 aromatic rings. The predicted molar refractivity (Wildman–Crippen MR) is 59.0 cm³/mol. The van der Waals surface area contributed by atoms with E-state index in [4.69, 9.17) is 0 Å². The van der Waals surface area contributed by atoms with Crippen LogP contribution in [0.25, 0.3) is 0 Å². The second kappa shape index (κ2) is 3.48. The van der Waals surface area contributed by atoms with Gasteiger partial charge in [-0.15, -0.1) is 11.3 Å². The Morgan fingerprint density at radius 3 is 2.93 bits per heavy atom. The second-order valence-corrected chi connectivity index (χ2v) is 5.33. The van der Waals surface area contributed by atoms with Gasteiger partial charge >= 0.3 is 0 Å². The van der Waals surface area contributed by atoms with Crippen LogP contribution in [-0.4, -0.2) is 18.9 Å². The van der Waals surface area contributed by atoms with Crippen molar-refractivity contribution in [1.82, 2.24) is 5.32 Å². The number of nitrogens with one attached hydrogen (secondary N) is 1. The van der Waals surface area contributed by atoms with Crippen LogP contribution < -0.4 is 5.32 Å². The molecule has 2 nitrogen and oxygen atoms in total. The van der Waals surface area contributed by atoms with Crippen molar-refractivity contribution in [3.8, 4) is 0 Å². The van der Waals surface area contributed by atoms with Crippen molar-refractivity contribution in [2.75, 3.05) is 13.1 Å². The Bertz CT molecular complexity index is 350. The van der Waals surface area contributed by atoms with Crippen molar-refractivity contribution in [3.05, 3.63) is 21.9 Å². The van der Waals surface area contributed by atoms with Crippen LogP contribution in [0.15, 0.2) is 11.4 Å².